The van der Waals surface area contributed by atoms with Crippen molar-refractivity contribution in [2.75, 3.05) is 0 Å². The largest absolute Gasteiger partial charge is 0.439 e. The zero-order valence-electron chi connectivity index (χ0n) is 11.4. The number of ether oxygens (including phenoxy) is 1. The molecule has 0 atom stereocenters. The molecule has 2 aromatic rings. The summed E-state index contributed by atoms with van der Waals surface area (Å²) in [6.45, 7) is 4.47. The van der Waals surface area contributed by atoms with Gasteiger partial charge in [0, 0.05) is 24.4 Å². The monoisotopic (exact) mass is 294 g/mol. The molecular weight excluding hydrogens is 279 g/mol. The van der Waals surface area contributed by atoms with Gasteiger partial charge in [0.25, 0.3) is 0 Å². The molecule has 0 unspecified atom stereocenters. The second-order valence-electron chi connectivity index (χ2n) is 4.78. The first-order chi connectivity index (χ1) is 9.49. The molecule has 1 aromatic heterocycles. The van der Waals surface area contributed by atoms with Gasteiger partial charge in [0.05, 0.1) is 5.02 Å². The summed E-state index contributed by atoms with van der Waals surface area (Å²) in [5.74, 6) is 0.482. The van der Waals surface area contributed by atoms with E-state index in [1.54, 1.807) is 12.1 Å². The van der Waals surface area contributed by atoms with Crippen LogP contribution in [0.5, 0.6) is 11.6 Å². The van der Waals surface area contributed by atoms with E-state index in [2.05, 4.69) is 4.98 Å². The van der Waals surface area contributed by atoms with E-state index in [0.29, 0.717) is 18.2 Å². The van der Waals surface area contributed by atoms with Crippen LogP contribution in [0.2, 0.25) is 5.02 Å². The molecule has 106 valence electrons. The van der Waals surface area contributed by atoms with Crippen LogP contribution >= 0.6 is 11.6 Å². The Hall–Kier alpha value is -1.65. The molecular formula is C15H16ClFN2O. The van der Waals surface area contributed by atoms with Crippen molar-refractivity contribution in [1.82, 2.24) is 4.98 Å². The summed E-state index contributed by atoms with van der Waals surface area (Å²) >= 11 is 5.64. The highest BCUT2D eigenvalue weighted by atomic mass is 35.5. The number of benzene rings is 1. The third-order valence-corrected chi connectivity index (χ3v) is 3.13. The summed E-state index contributed by atoms with van der Waals surface area (Å²) in [6.07, 6.45) is 0. The Morgan fingerprint density at radius 2 is 2.05 bits per heavy atom. The van der Waals surface area contributed by atoms with E-state index in [-0.39, 0.29) is 10.9 Å². The lowest BCUT2D eigenvalue weighted by Gasteiger charge is -2.11. The minimum atomic E-state index is -0.525. The van der Waals surface area contributed by atoms with E-state index in [1.807, 2.05) is 19.9 Å². The fourth-order valence-electron chi connectivity index (χ4n) is 1.71. The molecule has 1 aromatic carbocycles. The number of nitrogens with two attached hydrogens (primary N) is 1. The number of hydrogen-bond acceptors (Lipinski definition) is 3. The number of aromatic nitrogens is 1. The lowest BCUT2D eigenvalue weighted by atomic mass is 10.1. The van der Waals surface area contributed by atoms with Crippen molar-refractivity contribution in [2.24, 2.45) is 5.73 Å². The van der Waals surface area contributed by atoms with Crippen molar-refractivity contribution in [3.63, 3.8) is 0 Å². The molecule has 0 bridgehead atoms. The van der Waals surface area contributed by atoms with Crippen LogP contribution < -0.4 is 10.5 Å². The van der Waals surface area contributed by atoms with Gasteiger partial charge >= 0.3 is 0 Å². The van der Waals surface area contributed by atoms with Crippen molar-refractivity contribution >= 4 is 11.6 Å². The molecule has 0 fully saturated rings. The lowest BCUT2D eigenvalue weighted by Crippen LogP contribution is -2.02. The van der Waals surface area contributed by atoms with E-state index in [4.69, 9.17) is 22.1 Å². The summed E-state index contributed by atoms with van der Waals surface area (Å²) in [4.78, 5) is 4.40. The highest BCUT2D eigenvalue weighted by Gasteiger charge is 2.09. The van der Waals surface area contributed by atoms with Crippen molar-refractivity contribution < 1.29 is 9.13 Å². The molecule has 0 saturated carbocycles. The van der Waals surface area contributed by atoms with Crippen LogP contribution in [0.15, 0.2) is 30.3 Å². The highest BCUT2D eigenvalue weighted by Crippen LogP contribution is 2.26. The zero-order chi connectivity index (χ0) is 14.7. The Balaban J connectivity index is 2.32. The van der Waals surface area contributed by atoms with Gasteiger partial charge in [-0.05, 0) is 29.7 Å². The van der Waals surface area contributed by atoms with Gasteiger partial charge in [-0.2, -0.15) is 0 Å². The van der Waals surface area contributed by atoms with Crippen LogP contribution in [-0.2, 0) is 6.54 Å². The van der Waals surface area contributed by atoms with E-state index < -0.39 is 5.82 Å². The van der Waals surface area contributed by atoms with Crippen molar-refractivity contribution in [1.29, 1.82) is 0 Å². The molecule has 0 aliphatic heterocycles. The van der Waals surface area contributed by atoms with Crippen LogP contribution in [-0.4, -0.2) is 4.98 Å². The smallest absolute Gasteiger partial charge is 0.219 e. The Morgan fingerprint density at radius 3 is 2.65 bits per heavy atom. The van der Waals surface area contributed by atoms with Crippen molar-refractivity contribution in [3.05, 3.63) is 52.4 Å². The van der Waals surface area contributed by atoms with Crippen molar-refractivity contribution in [3.8, 4) is 11.6 Å². The fraction of sp³-hybridized carbons (Fsp3) is 0.267. The first-order valence-corrected chi connectivity index (χ1v) is 6.71. The second kappa shape index (κ2) is 6.20. The van der Waals surface area contributed by atoms with Gasteiger partial charge in [0.1, 0.15) is 11.6 Å². The summed E-state index contributed by atoms with van der Waals surface area (Å²) in [5, 5.41) is 0.0592. The number of nitrogens with zero attached hydrogens (tertiary/aromatic N) is 1. The SMILES string of the molecule is CC(C)c1cc(CN)cc(Oc2ccc(Cl)c(F)c2)n1. The molecule has 0 spiro atoms. The van der Waals surface area contributed by atoms with Gasteiger partial charge < -0.3 is 10.5 Å². The molecule has 0 aliphatic carbocycles. The maximum Gasteiger partial charge on any atom is 0.219 e. The van der Waals surface area contributed by atoms with Gasteiger partial charge in [0.15, 0.2) is 0 Å². The standard InChI is InChI=1S/C15H16ClFN2O/c1-9(2)14-5-10(8-18)6-15(19-14)20-11-3-4-12(16)13(17)7-11/h3-7,9H,8,18H2,1-2H3. The number of rotatable bonds is 4. The third kappa shape index (κ3) is 3.46. The minimum Gasteiger partial charge on any atom is -0.439 e. The Bertz CT molecular complexity index is 617. The van der Waals surface area contributed by atoms with E-state index in [0.717, 1.165) is 11.3 Å². The molecule has 3 nitrogen and oxygen atoms in total. The van der Waals surface area contributed by atoms with Gasteiger partial charge in [0.2, 0.25) is 5.88 Å². The molecule has 2 rings (SSSR count). The molecule has 0 aliphatic rings. The normalized spacial score (nSPS) is 10.9. The van der Waals surface area contributed by atoms with Gasteiger partial charge in [-0.3, -0.25) is 0 Å². The molecule has 1 heterocycles. The molecule has 5 heteroatoms. The Morgan fingerprint density at radius 1 is 1.30 bits per heavy atom. The van der Waals surface area contributed by atoms with Gasteiger partial charge in [-0.25, -0.2) is 9.37 Å². The fourth-order valence-corrected chi connectivity index (χ4v) is 1.83. The zero-order valence-corrected chi connectivity index (χ0v) is 12.1. The van der Waals surface area contributed by atoms with Crippen LogP contribution in [0.4, 0.5) is 4.39 Å². The first kappa shape index (κ1) is 14.8. The van der Waals surface area contributed by atoms with Gasteiger partial charge in [-0.15, -0.1) is 0 Å². The van der Waals surface area contributed by atoms with Crippen LogP contribution in [0.25, 0.3) is 0 Å². The molecule has 2 N–H and O–H groups in total. The Labute approximate surface area is 122 Å². The van der Waals surface area contributed by atoms with E-state index in [1.165, 1.54) is 12.1 Å². The average Bonchev–Trinajstić information content (AvgIpc) is 2.42. The average molecular weight is 295 g/mol. The summed E-state index contributed by atoms with van der Waals surface area (Å²) in [5.41, 5.74) is 7.47. The molecule has 0 amide bonds. The predicted octanol–water partition coefficient (Wildman–Crippen LogP) is 4.25. The van der Waals surface area contributed by atoms with E-state index >= 15 is 0 Å². The van der Waals surface area contributed by atoms with E-state index in [9.17, 15) is 4.39 Å². The second-order valence-corrected chi connectivity index (χ2v) is 5.18. The topological polar surface area (TPSA) is 48.1 Å². The highest BCUT2D eigenvalue weighted by molar-refractivity contribution is 6.30. The maximum atomic E-state index is 13.4. The summed E-state index contributed by atoms with van der Waals surface area (Å²) < 4.78 is 19.0. The lowest BCUT2D eigenvalue weighted by molar-refractivity contribution is 0.454. The van der Waals surface area contributed by atoms with Gasteiger partial charge in [-0.1, -0.05) is 25.4 Å². The number of halogens is 2. The van der Waals surface area contributed by atoms with Crippen LogP contribution in [0, 0.1) is 5.82 Å². The first-order valence-electron chi connectivity index (χ1n) is 6.33. The number of hydrogen-bond donors (Lipinski definition) is 1. The third-order valence-electron chi connectivity index (χ3n) is 2.82. The molecule has 0 saturated heterocycles. The molecule has 20 heavy (non-hydrogen) atoms. The quantitative estimate of drug-likeness (QED) is 0.917. The Kier molecular flexibility index (Phi) is 4.57. The van der Waals surface area contributed by atoms with Crippen molar-refractivity contribution in [2.45, 2.75) is 26.3 Å². The molecule has 0 radical (unpaired) electrons. The summed E-state index contributed by atoms with van der Waals surface area (Å²) in [6, 6.07) is 7.96. The number of pyridine rings is 1. The maximum absolute atomic E-state index is 13.4. The minimum absolute atomic E-state index is 0.0592. The summed E-state index contributed by atoms with van der Waals surface area (Å²) in [7, 11) is 0. The van der Waals surface area contributed by atoms with Crippen LogP contribution in [0.3, 0.4) is 0 Å². The predicted molar refractivity (Wildman–Crippen MR) is 77.7 cm³/mol. The van der Waals surface area contributed by atoms with Crippen LogP contribution in [0.1, 0.15) is 31.0 Å².